The van der Waals surface area contributed by atoms with Gasteiger partial charge in [0.1, 0.15) is 12.5 Å². The first-order valence-corrected chi connectivity index (χ1v) is 23.1. The Labute approximate surface area is 380 Å². The van der Waals surface area contributed by atoms with Crippen LogP contribution in [0.4, 0.5) is 22.7 Å². The van der Waals surface area contributed by atoms with Crippen molar-refractivity contribution in [1.29, 1.82) is 0 Å². The summed E-state index contributed by atoms with van der Waals surface area (Å²) < 4.78 is 22.4. The molecule has 320 valence electrons. The summed E-state index contributed by atoms with van der Waals surface area (Å²) >= 11 is 1.79. The number of pyridine rings is 1. The maximum absolute atomic E-state index is 6.80. The van der Waals surface area contributed by atoms with Crippen LogP contribution in [0.3, 0.4) is 0 Å². The molecule has 0 atom stereocenters. The van der Waals surface area contributed by atoms with Crippen LogP contribution < -0.4 is 15.3 Å². The topological polar surface area (TPSA) is 52.0 Å². The monoisotopic (exact) mass is 852 g/mol. The van der Waals surface area contributed by atoms with Crippen LogP contribution in [0.15, 0.2) is 137 Å². The first-order chi connectivity index (χ1) is 29.8. The molecule has 0 bridgehead atoms. The van der Waals surface area contributed by atoms with E-state index in [9.17, 15) is 0 Å². The van der Waals surface area contributed by atoms with Crippen molar-refractivity contribution in [3.05, 3.63) is 139 Å². The van der Waals surface area contributed by atoms with E-state index in [0.717, 1.165) is 45.1 Å². The van der Waals surface area contributed by atoms with Crippen LogP contribution in [0.5, 0.6) is 0 Å². The molecule has 5 aromatic carbocycles. The summed E-state index contributed by atoms with van der Waals surface area (Å²) in [5.41, 5.74) is 10.2. The third-order valence-corrected chi connectivity index (χ3v) is 13.1. The van der Waals surface area contributed by atoms with Gasteiger partial charge in [-0.25, -0.2) is 4.98 Å². The molecule has 1 saturated heterocycles. The summed E-state index contributed by atoms with van der Waals surface area (Å²) in [6.45, 7) is 27.2. The molecule has 1 fully saturated rings. The Morgan fingerprint density at radius 3 is 1.87 bits per heavy atom. The van der Waals surface area contributed by atoms with Gasteiger partial charge in [0.05, 0.1) is 22.4 Å². The van der Waals surface area contributed by atoms with E-state index in [2.05, 4.69) is 219 Å². The van der Waals surface area contributed by atoms with Gasteiger partial charge in [0, 0.05) is 43.6 Å². The quantitative estimate of drug-likeness (QED) is 0.154. The van der Waals surface area contributed by atoms with Gasteiger partial charge in [-0.1, -0.05) is 156 Å². The zero-order valence-electron chi connectivity index (χ0n) is 39.0. The summed E-state index contributed by atoms with van der Waals surface area (Å²) in [7, 11) is -1.52. The second-order valence-corrected chi connectivity index (χ2v) is 22.5. The third-order valence-electron chi connectivity index (χ3n) is 12.2. The van der Waals surface area contributed by atoms with E-state index >= 15 is 0 Å². The molecule has 9 rings (SSSR count). The van der Waals surface area contributed by atoms with Crippen molar-refractivity contribution in [3.8, 4) is 5.82 Å². The lowest BCUT2D eigenvalue weighted by molar-refractivity contribution is 0.250. The number of benzene rings is 5. The standard InChI is InChI=1S/C52H59B3N4O3S/c1-49(2,3)35-29-30-56-47(31-35)59-43-24-14-13-21-39(43)40-28-27-38(33-46(40)59)63-37-20-17-19-36(32-37)57-34-58(45-26-16-15-25-44(45)57)48-41(50(4,5)6)22-18-23-42(48)53-60-54(51(7,8)9)62-55(61-53)52(10,11)12/h13-33H,34H2,1-12H3. The summed E-state index contributed by atoms with van der Waals surface area (Å²) in [5, 5.41) is 1.93. The Kier molecular flexibility index (Phi) is 11.0. The minimum Gasteiger partial charge on any atom is -0.452 e. The van der Waals surface area contributed by atoms with Gasteiger partial charge in [-0.15, -0.1) is 0 Å². The van der Waals surface area contributed by atoms with E-state index in [1.165, 1.54) is 31.7 Å². The molecule has 7 nitrogen and oxygen atoms in total. The molecule has 2 aliphatic heterocycles. The van der Waals surface area contributed by atoms with Crippen molar-refractivity contribution in [2.75, 3.05) is 16.5 Å². The molecule has 11 heteroatoms. The smallest absolute Gasteiger partial charge is 0.452 e. The number of para-hydroxylation sites is 4. The van der Waals surface area contributed by atoms with Gasteiger partial charge in [0.25, 0.3) is 0 Å². The van der Waals surface area contributed by atoms with Crippen molar-refractivity contribution in [2.45, 2.75) is 114 Å². The van der Waals surface area contributed by atoms with Crippen molar-refractivity contribution in [1.82, 2.24) is 9.55 Å². The van der Waals surface area contributed by atoms with Crippen molar-refractivity contribution in [3.63, 3.8) is 0 Å². The molecule has 4 heterocycles. The van der Waals surface area contributed by atoms with Gasteiger partial charge in [-0.3, -0.25) is 4.57 Å². The first-order valence-electron chi connectivity index (χ1n) is 22.3. The number of hydrogen-bond acceptors (Lipinski definition) is 7. The highest BCUT2D eigenvalue weighted by Crippen LogP contribution is 2.48. The highest BCUT2D eigenvalue weighted by Gasteiger charge is 2.52. The van der Waals surface area contributed by atoms with E-state index in [1.807, 2.05) is 6.20 Å². The predicted molar refractivity (Wildman–Crippen MR) is 268 cm³/mol. The van der Waals surface area contributed by atoms with Crippen LogP contribution >= 0.6 is 11.8 Å². The Morgan fingerprint density at radius 2 is 1.19 bits per heavy atom. The molecule has 0 spiro atoms. The number of aromatic nitrogens is 2. The SMILES string of the molecule is CC(C)(C)B1OB(c2cccc(C(C)(C)C)c2N2CN(c3cccc(Sc4ccc5c6ccccc6n(-c6cc(C(C)(C)C)ccn6)c5c4)c3)c3ccccc32)OB(C(C)(C)C)O1. The number of fused-ring (bicyclic) bond motifs is 4. The summed E-state index contributed by atoms with van der Waals surface area (Å²) in [4.78, 5) is 12.1. The average molecular weight is 853 g/mol. The minimum atomic E-state index is -0.625. The lowest BCUT2D eigenvalue weighted by atomic mass is 9.50. The molecular formula is C52H59B3N4O3S. The van der Waals surface area contributed by atoms with Crippen LogP contribution in [0.25, 0.3) is 27.6 Å². The average Bonchev–Trinajstić information content (AvgIpc) is 3.78. The van der Waals surface area contributed by atoms with E-state index < -0.39 is 21.4 Å². The Bertz CT molecular complexity index is 2810. The lowest BCUT2D eigenvalue weighted by Crippen LogP contribution is -2.59. The molecule has 0 N–H and O–H groups in total. The van der Waals surface area contributed by atoms with Crippen molar-refractivity contribution < 1.29 is 13.7 Å². The molecule has 2 aliphatic rings. The van der Waals surface area contributed by atoms with Gasteiger partial charge in [0.15, 0.2) is 0 Å². The fourth-order valence-electron chi connectivity index (χ4n) is 8.80. The zero-order valence-corrected chi connectivity index (χ0v) is 39.8. The van der Waals surface area contributed by atoms with Crippen LogP contribution in [0, 0.1) is 0 Å². The van der Waals surface area contributed by atoms with Gasteiger partial charge in [-0.05, 0) is 93.2 Å². The molecule has 0 saturated carbocycles. The summed E-state index contributed by atoms with van der Waals surface area (Å²) in [6, 6.07) is 44.1. The molecular weight excluding hydrogens is 793 g/mol. The van der Waals surface area contributed by atoms with Gasteiger partial charge < -0.3 is 23.5 Å². The third kappa shape index (κ3) is 8.34. The van der Waals surface area contributed by atoms with E-state index in [1.54, 1.807) is 11.8 Å². The molecule has 0 unspecified atom stereocenters. The number of anilines is 4. The second-order valence-electron chi connectivity index (χ2n) is 21.4. The van der Waals surface area contributed by atoms with Gasteiger partial charge in [0.2, 0.25) is 0 Å². The fraction of sp³-hybridized carbons (Fsp3) is 0.327. The molecule has 0 radical (unpaired) electrons. The highest BCUT2D eigenvalue weighted by molar-refractivity contribution is 7.99. The molecule has 0 amide bonds. The summed E-state index contributed by atoms with van der Waals surface area (Å²) in [6.07, 6.45) is 1.94. The molecule has 63 heavy (non-hydrogen) atoms. The second kappa shape index (κ2) is 15.9. The van der Waals surface area contributed by atoms with Crippen LogP contribution in [-0.2, 0) is 24.5 Å². The highest BCUT2D eigenvalue weighted by atomic mass is 32.2. The van der Waals surface area contributed by atoms with Crippen molar-refractivity contribution >= 4 is 83.1 Å². The number of hydrogen-bond donors (Lipinski definition) is 0. The van der Waals surface area contributed by atoms with E-state index in [-0.39, 0.29) is 21.5 Å². The zero-order chi connectivity index (χ0) is 44.6. The Morgan fingerprint density at radius 1 is 0.556 bits per heavy atom. The maximum Gasteiger partial charge on any atom is 0.468 e. The lowest BCUT2D eigenvalue weighted by Gasteiger charge is -2.42. The number of nitrogens with zero attached hydrogens (tertiary/aromatic N) is 4. The van der Waals surface area contributed by atoms with Crippen molar-refractivity contribution in [2.24, 2.45) is 0 Å². The first kappa shape index (κ1) is 43.3. The fourth-order valence-corrected chi connectivity index (χ4v) is 9.70. The Balaban J connectivity index is 1.09. The van der Waals surface area contributed by atoms with E-state index in [4.69, 9.17) is 18.7 Å². The number of rotatable bonds is 6. The molecule has 2 aromatic heterocycles. The predicted octanol–water partition coefficient (Wildman–Crippen LogP) is 13.5. The van der Waals surface area contributed by atoms with Gasteiger partial charge >= 0.3 is 21.4 Å². The Hall–Kier alpha value is -4.93. The normalized spacial score (nSPS) is 15.3. The van der Waals surface area contributed by atoms with E-state index in [0.29, 0.717) is 6.67 Å². The van der Waals surface area contributed by atoms with Crippen LogP contribution in [0.2, 0.25) is 10.6 Å². The van der Waals surface area contributed by atoms with Crippen LogP contribution in [0.1, 0.15) is 94.2 Å². The minimum absolute atomic E-state index is 0.00669. The summed E-state index contributed by atoms with van der Waals surface area (Å²) in [5.74, 6) is 0.934. The molecule has 0 aliphatic carbocycles. The van der Waals surface area contributed by atoms with Gasteiger partial charge in [-0.2, -0.15) is 0 Å². The van der Waals surface area contributed by atoms with Crippen LogP contribution in [-0.4, -0.2) is 37.6 Å². The largest absolute Gasteiger partial charge is 0.468 e. The molecule has 7 aromatic rings. The maximum atomic E-state index is 6.80.